The van der Waals surface area contributed by atoms with Crippen molar-refractivity contribution in [2.24, 2.45) is 11.8 Å². The lowest BCUT2D eigenvalue weighted by Crippen LogP contribution is -2.42. The summed E-state index contributed by atoms with van der Waals surface area (Å²) in [5.74, 6) is -2.47. The Labute approximate surface area is 150 Å². The number of amides is 5. The molecule has 3 rings (SSSR count). The molecule has 0 aromatic carbocycles. The number of urea groups is 1. The summed E-state index contributed by atoms with van der Waals surface area (Å²) in [4.78, 5) is 62.3. The standard InChI is InChI=1S/C17H21N3O6/c1-10(14(22)20-9-7-18-17(20)25)26-13(21)6-8-19-15(23)11-4-2-3-5-12(11)16(19)24/h2-3,10-12H,4-9H2,1H3,(H,18,25)/t10-,11-,12+/m0/s1. The predicted molar refractivity (Wildman–Crippen MR) is 87.4 cm³/mol. The van der Waals surface area contributed by atoms with E-state index in [9.17, 15) is 24.0 Å². The van der Waals surface area contributed by atoms with E-state index in [-0.39, 0.29) is 43.2 Å². The van der Waals surface area contributed by atoms with E-state index >= 15 is 0 Å². The minimum Gasteiger partial charge on any atom is -0.452 e. The molecule has 1 N–H and O–H groups in total. The van der Waals surface area contributed by atoms with Gasteiger partial charge in [0.05, 0.1) is 18.3 Å². The van der Waals surface area contributed by atoms with Crippen molar-refractivity contribution < 1.29 is 28.7 Å². The molecule has 2 heterocycles. The van der Waals surface area contributed by atoms with Gasteiger partial charge in [-0.2, -0.15) is 0 Å². The topological polar surface area (TPSA) is 113 Å². The van der Waals surface area contributed by atoms with E-state index in [2.05, 4.69) is 5.32 Å². The SMILES string of the molecule is C[C@H](OC(=O)CCN1C(=O)[C@H]2CC=CC[C@H]2C1=O)C(=O)N1CCNC1=O. The lowest BCUT2D eigenvalue weighted by atomic mass is 9.85. The molecule has 0 aromatic heterocycles. The third kappa shape index (κ3) is 3.33. The molecule has 2 aliphatic heterocycles. The molecule has 3 aliphatic rings. The van der Waals surface area contributed by atoms with Crippen LogP contribution in [0.25, 0.3) is 0 Å². The quantitative estimate of drug-likeness (QED) is 0.412. The Hall–Kier alpha value is -2.71. The highest BCUT2D eigenvalue weighted by molar-refractivity contribution is 6.05. The molecule has 9 nitrogen and oxygen atoms in total. The molecule has 26 heavy (non-hydrogen) atoms. The summed E-state index contributed by atoms with van der Waals surface area (Å²) in [6.07, 6.45) is 3.58. The molecule has 0 saturated carbocycles. The van der Waals surface area contributed by atoms with Crippen molar-refractivity contribution in [3.63, 3.8) is 0 Å². The second-order valence-corrected chi connectivity index (χ2v) is 6.59. The number of nitrogens with one attached hydrogen (secondary N) is 1. The third-order valence-electron chi connectivity index (χ3n) is 4.92. The Morgan fingerprint density at radius 1 is 1.19 bits per heavy atom. The lowest BCUT2D eigenvalue weighted by molar-refractivity contribution is -0.158. The zero-order chi connectivity index (χ0) is 18.8. The van der Waals surface area contributed by atoms with Crippen molar-refractivity contribution in [2.45, 2.75) is 32.3 Å². The fraction of sp³-hybridized carbons (Fsp3) is 0.588. The van der Waals surface area contributed by atoms with Crippen molar-refractivity contribution in [2.75, 3.05) is 19.6 Å². The second kappa shape index (κ2) is 7.27. The van der Waals surface area contributed by atoms with Crippen LogP contribution in [-0.2, 0) is 23.9 Å². The summed E-state index contributed by atoms with van der Waals surface area (Å²) in [5, 5.41) is 2.49. The molecule has 2 fully saturated rings. The molecule has 0 radical (unpaired) electrons. The Kier molecular flexibility index (Phi) is 5.06. The number of carbonyl (C=O) groups excluding carboxylic acids is 5. The van der Waals surface area contributed by atoms with E-state index in [1.165, 1.54) is 6.92 Å². The van der Waals surface area contributed by atoms with Gasteiger partial charge in [-0.3, -0.25) is 29.0 Å². The van der Waals surface area contributed by atoms with Crippen molar-refractivity contribution in [3.8, 4) is 0 Å². The van der Waals surface area contributed by atoms with Crippen LogP contribution < -0.4 is 5.32 Å². The summed E-state index contributed by atoms with van der Waals surface area (Å²) >= 11 is 0. The van der Waals surface area contributed by atoms with Crippen LogP contribution in [0, 0.1) is 11.8 Å². The zero-order valence-electron chi connectivity index (χ0n) is 14.5. The third-order valence-corrected chi connectivity index (χ3v) is 4.92. The number of carbonyl (C=O) groups is 5. The molecule has 3 atom stereocenters. The second-order valence-electron chi connectivity index (χ2n) is 6.59. The monoisotopic (exact) mass is 363 g/mol. The summed E-state index contributed by atoms with van der Waals surface area (Å²) in [7, 11) is 0. The van der Waals surface area contributed by atoms with Crippen LogP contribution in [0.15, 0.2) is 12.2 Å². The molecular formula is C17H21N3O6. The Balaban J connectivity index is 1.49. The maximum absolute atomic E-state index is 12.3. The number of ether oxygens (including phenoxy) is 1. The average molecular weight is 363 g/mol. The van der Waals surface area contributed by atoms with Crippen molar-refractivity contribution >= 4 is 29.7 Å². The van der Waals surface area contributed by atoms with Gasteiger partial charge in [0.15, 0.2) is 6.10 Å². The highest BCUT2D eigenvalue weighted by Gasteiger charge is 2.47. The molecule has 0 spiro atoms. The summed E-state index contributed by atoms with van der Waals surface area (Å²) in [5.41, 5.74) is 0. The number of hydrogen-bond donors (Lipinski definition) is 1. The molecule has 5 amide bonds. The number of allylic oxidation sites excluding steroid dienone is 2. The van der Waals surface area contributed by atoms with E-state index < -0.39 is 24.0 Å². The molecule has 0 unspecified atom stereocenters. The first-order chi connectivity index (χ1) is 12.4. The van der Waals surface area contributed by atoms with Crippen molar-refractivity contribution in [1.82, 2.24) is 15.1 Å². The average Bonchev–Trinajstić information content (AvgIpc) is 3.15. The van der Waals surface area contributed by atoms with Gasteiger partial charge >= 0.3 is 12.0 Å². The number of esters is 1. The summed E-state index contributed by atoms with van der Waals surface area (Å²) < 4.78 is 5.05. The molecular weight excluding hydrogens is 342 g/mol. The Morgan fingerprint density at radius 2 is 1.81 bits per heavy atom. The van der Waals surface area contributed by atoms with Gasteiger partial charge in [0.2, 0.25) is 11.8 Å². The van der Waals surface area contributed by atoms with Gasteiger partial charge in [-0.05, 0) is 19.8 Å². The van der Waals surface area contributed by atoms with Crippen LogP contribution in [0.3, 0.4) is 0 Å². The van der Waals surface area contributed by atoms with E-state index in [0.717, 1.165) is 9.80 Å². The minimum absolute atomic E-state index is 0.0609. The number of nitrogens with zero attached hydrogens (tertiary/aromatic N) is 2. The van der Waals surface area contributed by atoms with Gasteiger partial charge in [0, 0.05) is 19.6 Å². The molecule has 1 aliphatic carbocycles. The first-order valence-corrected chi connectivity index (χ1v) is 8.69. The van der Waals surface area contributed by atoms with Crippen LogP contribution in [0.1, 0.15) is 26.2 Å². The van der Waals surface area contributed by atoms with Gasteiger partial charge in [-0.1, -0.05) is 12.2 Å². The number of rotatable bonds is 5. The van der Waals surface area contributed by atoms with Gasteiger partial charge in [0.1, 0.15) is 0 Å². The van der Waals surface area contributed by atoms with Crippen LogP contribution in [0.4, 0.5) is 4.79 Å². The van der Waals surface area contributed by atoms with E-state index in [1.54, 1.807) is 0 Å². The van der Waals surface area contributed by atoms with Gasteiger partial charge in [-0.25, -0.2) is 4.79 Å². The Morgan fingerprint density at radius 3 is 2.35 bits per heavy atom. The molecule has 140 valence electrons. The van der Waals surface area contributed by atoms with E-state index in [0.29, 0.717) is 19.4 Å². The van der Waals surface area contributed by atoms with Crippen LogP contribution >= 0.6 is 0 Å². The van der Waals surface area contributed by atoms with Gasteiger partial charge in [0.25, 0.3) is 5.91 Å². The maximum Gasteiger partial charge on any atom is 0.324 e. The largest absolute Gasteiger partial charge is 0.452 e. The highest BCUT2D eigenvalue weighted by atomic mass is 16.5. The summed E-state index contributed by atoms with van der Waals surface area (Å²) in [6, 6.07) is -0.512. The Bertz CT molecular complexity index is 662. The number of hydrogen-bond acceptors (Lipinski definition) is 6. The molecule has 2 saturated heterocycles. The van der Waals surface area contributed by atoms with Gasteiger partial charge in [-0.15, -0.1) is 0 Å². The first kappa shape index (κ1) is 18.1. The van der Waals surface area contributed by atoms with Crippen molar-refractivity contribution in [1.29, 1.82) is 0 Å². The highest BCUT2D eigenvalue weighted by Crippen LogP contribution is 2.35. The fourth-order valence-corrected chi connectivity index (χ4v) is 3.50. The normalized spacial score (nSPS) is 26.0. The summed E-state index contributed by atoms with van der Waals surface area (Å²) in [6.45, 7) is 1.92. The molecule has 0 aromatic rings. The fourth-order valence-electron chi connectivity index (χ4n) is 3.50. The van der Waals surface area contributed by atoms with E-state index in [4.69, 9.17) is 4.74 Å². The van der Waals surface area contributed by atoms with E-state index in [1.807, 2.05) is 12.2 Å². The molecule has 0 bridgehead atoms. The maximum atomic E-state index is 12.3. The van der Waals surface area contributed by atoms with Crippen LogP contribution in [0.5, 0.6) is 0 Å². The number of imide groups is 2. The van der Waals surface area contributed by atoms with Crippen LogP contribution in [0.2, 0.25) is 0 Å². The van der Waals surface area contributed by atoms with Crippen LogP contribution in [-0.4, -0.2) is 65.3 Å². The molecule has 9 heteroatoms. The lowest BCUT2D eigenvalue weighted by Gasteiger charge is -2.19. The van der Waals surface area contributed by atoms with Gasteiger partial charge < -0.3 is 10.1 Å². The predicted octanol–water partition coefficient (Wildman–Crippen LogP) is -0.189. The van der Waals surface area contributed by atoms with Crippen molar-refractivity contribution in [3.05, 3.63) is 12.2 Å². The smallest absolute Gasteiger partial charge is 0.324 e. The first-order valence-electron chi connectivity index (χ1n) is 8.69. The number of fused-ring (bicyclic) bond motifs is 1. The number of likely N-dealkylation sites (tertiary alicyclic amines) is 1. The zero-order valence-corrected chi connectivity index (χ0v) is 14.5. The minimum atomic E-state index is -1.11.